The smallest absolute Gasteiger partial charge is 0.489 e. The molecule has 0 spiro atoms. The quantitative estimate of drug-likeness (QED) is 0.235. The Hall–Kier alpha value is -4.52. The minimum Gasteiger partial charge on any atom is -0.489 e. The largest absolute Gasteiger partial charge is 0.573 e. The number of fused-ring (bicyclic) bond motifs is 1. The first-order valence-electron chi connectivity index (χ1n) is 11.4. The van der Waals surface area contributed by atoms with Gasteiger partial charge in [0.1, 0.15) is 23.9 Å². The Morgan fingerprint density at radius 1 is 1.13 bits per heavy atom. The Labute approximate surface area is 224 Å². The van der Waals surface area contributed by atoms with Crippen LogP contribution in [0.4, 0.5) is 29.5 Å². The molecule has 0 bridgehead atoms. The molecule has 2 aromatic heterocycles. The predicted octanol–water partition coefficient (Wildman–Crippen LogP) is 6.45. The van der Waals surface area contributed by atoms with Gasteiger partial charge in [0.25, 0.3) is 5.91 Å². The lowest BCUT2D eigenvalue weighted by Crippen LogP contribution is -2.17. The van der Waals surface area contributed by atoms with E-state index in [-0.39, 0.29) is 36.0 Å². The number of thiophene rings is 1. The molecular weight excluding hydrogens is 539 g/mol. The van der Waals surface area contributed by atoms with E-state index < -0.39 is 24.2 Å². The highest BCUT2D eigenvalue weighted by Crippen LogP contribution is 2.37. The van der Waals surface area contributed by atoms with Crippen molar-refractivity contribution in [2.45, 2.75) is 26.8 Å². The average molecular weight is 562 g/mol. The fraction of sp³-hybridized carbons (Fsp3) is 0.192. The lowest BCUT2D eigenvalue weighted by atomic mass is 10.1. The third-order valence-electron chi connectivity index (χ3n) is 5.36. The van der Waals surface area contributed by atoms with Gasteiger partial charge in [-0.1, -0.05) is 12.1 Å². The summed E-state index contributed by atoms with van der Waals surface area (Å²) in [5.74, 6) is -0.170. The van der Waals surface area contributed by atoms with Gasteiger partial charge in [-0.2, -0.15) is 0 Å². The Kier molecular flexibility index (Phi) is 8.10. The number of carbonyl (C=O) groups is 2. The number of aromatic nitrogens is 1. The van der Waals surface area contributed by atoms with Crippen molar-refractivity contribution < 1.29 is 41.7 Å². The highest BCUT2D eigenvalue weighted by Gasteiger charge is 2.31. The molecule has 0 saturated carbocycles. The number of hydrogen-bond acceptors (Lipinski definition) is 9. The fourth-order valence-electron chi connectivity index (χ4n) is 3.66. The molecule has 204 valence electrons. The molecule has 0 radical (unpaired) electrons. The lowest BCUT2D eigenvalue weighted by molar-refractivity contribution is -0.274. The molecule has 0 aliphatic heterocycles. The molecule has 13 heteroatoms. The molecule has 0 aliphatic carbocycles. The summed E-state index contributed by atoms with van der Waals surface area (Å²) in [7, 11) is 0. The highest BCUT2D eigenvalue weighted by molar-refractivity contribution is 7.17. The molecule has 2 heterocycles. The first-order chi connectivity index (χ1) is 18.6. The van der Waals surface area contributed by atoms with E-state index in [9.17, 15) is 22.8 Å². The zero-order valence-corrected chi connectivity index (χ0v) is 21.4. The number of nitrogens with one attached hydrogen (secondary N) is 1. The molecule has 4 aromatic rings. The molecule has 9 nitrogen and oxygen atoms in total. The lowest BCUT2D eigenvalue weighted by Gasteiger charge is -2.14. The minimum atomic E-state index is -4.85. The normalized spacial score (nSPS) is 11.2. The molecule has 0 unspecified atom stereocenters. The monoisotopic (exact) mass is 561 g/mol. The number of benzene rings is 2. The summed E-state index contributed by atoms with van der Waals surface area (Å²) in [5, 5.41) is 4.93. The molecule has 0 aliphatic rings. The van der Waals surface area contributed by atoms with E-state index in [4.69, 9.17) is 19.9 Å². The summed E-state index contributed by atoms with van der Waals surface area (Å²) in [6.07, 6.45) is -4.37. The molecule has 0 saturated heterocycles. The van der Waals surface area contributed by atoms with Crippen LogP contribution in [-0.2, 0) is 11.3 Å². The van der Waals surface area contributed by atoms with Crippen LogP contribution in [0, 0.1) is 6.92 Å². The molecule has 1 amide bonds. The summed E-state index contributed by atoms with van der Waals surface area (Å²) in [4.78, 5) is 28.8. The molecule has 39 heavy (non-hydrogen) atoms. The summed E-state index contributed by atoms with van der Waals surface area (Å²) in [6.45, 7) is 3.56. The summed E-state index contributed by atoms with van der Waals surface area (Å²) >= 11 is 1.29. The standard InChI is InChI=1S/C26H22F3N3O6S/c1-3-35-25(34)37-20-11-31-23(30)21-15(13-39-22(20)21)12-36-19-9-5-8-18(14(19)2)24(33)32-16-6-4-7-17(10-16)38-26(27,28)29/h4-11,13H,3,12H2,1-2H3,(H2,30,31)(H,32,33). The molecule has 3 N–H and O–H groups in total. The van der Waals surface area contributed by atoms with Crippen LogP contribution in [0.1, 0.15) is 28.4 Å². The van der Waals surface area contributed by atoms with Crippen molar-refractivity contribution in [2.24, 2.45) is 0 Å². The number of halogens is 3. The van der Waals surface area contributed by atoms with E-state index in [0.717, 1.165) is 12.1 Å². The van der Waals surface area contributed by atoms with E-state index in [1.165, 1.54) is 29.7 Å². The van der Waals surface area contributed by atoms with Crippen LogP contribution in [-0.4, -0.2) is 30.0 Å². The van der Waals surface area contributed by atoms with Gasteiger partial charge in [0.05, 0.1) is 17.5 Å². The number of nitrogen functional groups attached to an aromatic ring is 1. The number of nitrogens with two attached hydrogens (primary N) is 1. The Morgan fingerprint density at radius 2 is 1.90 bits per heavy atom. The zero-order chi connectivity index (χ0) is 28.2. The van der Waals surface area contributed by atoms with Gasteiger partial charge in [0, 0.05) is 33.8 Å². The van der Waals surface area contributed by atoms with Crippen LogP contribution in [0.2, 0.25) is 0 Å². The van der Waals surface area contributed by atoms with Crippen molar-refractivity contribution in [1.82, 2.24) is 4.98 Å². The zero-order valence-electron chi connectivity index (χ0n) is 20.6. The predicted molar refractivity (Wildman–Crippen MR) is 138 cm³/mol. The van der Waals surface area contributed by atoms with Crippen molar-refractivity contribution in [3.05, 3.63) is 70.7 Å². The van der Waals surface area contributed by atoms with Gasteiger partial charge < -0.3 is 30.0 Å². The highest BCUT2D eigenvalue weighted by atomic mass is 32.1. The molecule has 4 rings (SSSR count). The summed E-state index contributed by atoms with van der Waals surface area (Å²) < 4.78 is 58.1. The van der Waals surface area contributed by atoms with Crippen molar-refractivity contribution in [1.29, 1.82) is 0 Å². The molecule has 0 fully saturated rings. The van der Waals surface area contributed by atoms with Crippen molar-refractivity contribution >= 4 is 45.0 Å². The van der Waals surface area contributed by atoms with Gasteiger partial charge in [-0.15, -0.1) is 24.5 Å². The number of amides is 1. The maximum absolute atomic E-state index is 12.9. The van der Waals surface area contributed by atoms with Crippen LogP contribution in [0.15, 0.2) is 54.0 Å². The summed E-state index contributed by atoms with van der Waals surface area (Å²) in [5.41, 5.74) is 7.66. The second-order valence-electron chi connectivity index (χ2n) is 8.00. The van der Waals surface area contributed by atoms with E-state index in [1.54, 1.807) is 37.4 Å². The van der Waals surface area contributed by atoms with Crippen LogP contribution in [0.3, 0.4) is 0 Å². The maximum atomic E-state index is 12.9. The number of hydrogen-bond donors (Lipinski definition) is 2. The molecule has 0 atom stereocenters. The van der Waals surface area contributed by atoms with Gasteiger partial charge in [0.2, 0.25) is 0 Å². The third-order valence-corrected chi connectivity index (χ3v) is 6.40. The third kappa shape index (κ3) is 6.68. The van der Waals surface area contributed by atoms with Crippen molar-refractivity contribution in [3.8, 4) is 17.2 Å². The van der Waals surface area contributed by atoms with Crippen molar-refractivity contribution in [3.63, 3.8) is 0 Å². The first-order valence-corrected chi connectivity index (χ1v) is 12.3. The van der Waals surface area contributed by atoms with Gasteiger partial charge in [-0.3, -0.25) is 4.79 Å². The van der Waals surface area contributed by atoms with E-state index in [0.29, 0.717) is 27.0 Å². The van der Waals surface area contributed by atoms with Gasteiger partial charge in [-0.25, -0.2) is 9.78 Å². The SMILES string of the molecule is CCOC(=O)Oc1cnc(N)c2c(COc3cccc(C(=O)Nc4cccc(OC(F)(F)F)c4)c3C)csc12. The Balaban J connectivity index is 1.50. The number of carbonyl (C=O) groups excluding carboxylic acids is 2. The molecule has 2 aromatic carbocycles. The van der Waals surface area contributed by atoms with E-state index in [1.807, 2.05) is 0 Å². The summed E-state index contributed by atoms with van der Waals surface area (Å²) in [6, 6.07) is 9.83. The number of rotatable bonds is 8. The van der Waals surface area contributed by atoms with E-state index >= 15 is 0 Å². The Morgan fingerprint density at radius 3 is 2.64 bits per heavy atom. The topological polar surface area (TPSA) is 122 Å². The maximum Gasteiger partial charge on any atom is 0.573 e. The molecular formula is C26H22F3N3O6S. The Bertz CT molecular complexity index is 1520. The number of anilines is 2. The average Bonchev–Trinajstić information content (AvgIpc) is 3.29. The number of alkyl halides is 3. The number of nitrogens with zero attached hydrogens (tertiary/aromatic N) is 1. The van der Waals surface area contributed by atoms with Crippen LogP contribution >= 0.6 is 11.3 Å². The second kappa shape index (κ2) is 11.5. The van der Waals surface area contributed by atoms with E-state index in [2.05, 4.69) is 15.0 Å². The van der Waals surface area contributed by atoms with Gasteiger partial charge in [-0.05, 0) is 43.5 Å². The van der Waals surface area contributed by atoms with Crippen LogP contribution in [0.25, 0.3) is 10.1 Å². The van der Waals surface area contributed by atoms with Crippen LogP contribution in [0.5, 0.6) is 17.2 Å². The van der Waals surface area contributed by atoms with Gasteiger partial charge >= 0.3 is 12.5 Å². The van der Waals surface area contributed by atoms with Gasteiger partial charge in [0.15, 0.2) is 5.75 Å². The first kappa shape index (κ1) is 27.5. The minimum absolute atomic E-state index is 0.0669. The van der Waals surface area contributed by atoms with Crippen LogP contribution < -0.4 is 25.3 Å². The van der Waals surface area contributed by atoms with Crippen molar-refractivity contribution in [2.75, 3.05) is 17.7 Å². The number of ether oxygens (including phenoxy) is 4. The second-order valence-corrected chi connectivity index (χ2v) is 8.88. The number of pyridine rings is 1. The fourth-order valence-corrected chi connectivity index (χ4v) is 4.67.